The number of primary amides is 1. The van der Waals surface area contributed by atoms with Crippen LogP contribution in [0.5, 0.6) is 0 Å². The first-order valence-electron chi connectivity index (χ1n) is 16.4. The van der Waals surface area contributed by atoms with Crippen LogP contribution in [0.1, 0.15) is 66.4 Å². The van der Waals surface area contributed by atoms with Gasteiger partial charge in [0.15, 0.2) is 0 Å². The summed E-state index contributed by atoms with van der Waals surface area (Å²) in [7, 11) is -4.47. The Morgan fingerprint density at radius 2 is 1.50 bits per heavy atom. The van der Waals surface area contributed by atoms with Crippen molar-refractivity contribution < 1.29 is 33.0 Å². The summed E-state index contributed by atoms with van der Waals surface area (Å²) in [5.74, 6) is -5.15. The number of nitrogens with two attached hydrogens (primary N) is 1. The molecule has 12 heteroatoms. The Morgan fingerprint density at radius 3 is 2.12 bits per heavy atom. The minimum atomic E-state index is -4.47. The number of aryl methyl sites for hydroxylation is 1. The van der Waals surface area contributed by atoms with Crippen LogP contribution in [0.3, 0.4) is 0 Å². The fourth-order valence-electron chi connectivity index (χ4n) is 6.10. The fraction of sp³-hybridized carbons (Fsp3) is 0.389. The van der Waals surface area contributed by atoms with Crippen molar-refractivity contribution in [1.29, 1.82) is 0 Å². The predicted octanol–water partition coefficient (Wildman–Crippen LogP) is 4.45. The molecule has 4 rings (SSSR count). The zero-order valence-electron chi connectivity index (χ0n) is 26.9. The number of halogens is 1. The van der Waals surface area contributed by atoms with Crippen molar-refractivity contribution in [3.05, 3.63) is 107 Å². The number of rotatable bonds is 16. The molecule has 256 valence electrons. The van der Waals surface area contributed by atoms with Crippen molar-refractivity contribution in [2.24, 2.45) is 11.7 Å². The maximum atomic E-state index is 13.8. The summed E-state index contributed by atoms with van der Waals surface area (Å²) in [6.07, 6.45) is 4.65. The molecule has 3 unspecified atom stereocenters. The number of benzene rings is 3. The van der Waals surface area contributed by atoms with Crippen molar-refractivity contribution in [3.63, 3.8) is 0 Å². The van der Waals surface area contributed by atoms with Crippen LogP contribution >= 0.6 is 7.37 Å². The minimum absolute atomic E-state index is 0.0423. The van der Waals surface area contributed by atoms with Crippen LogP contribution in [0.4, 0.5) is 4.39 Å². The second kappa shape index (κ2) is 17.7. The molecule has 1 fully saturated rings. The van der Waals surface area contributed by atoms with Crippen LogP contribution in [0.15, 0.2) is 84.9 Å². The van der Waals surface area contributed by atoms with E-state index in [-0.39, 0.29) is 17.9 Å². The normalized spacial score (nSPS) is 16.5. The van der Waals surface area contributed by atoms with Gasteiger partial charge in [0.1, 0.15) is 29.8 Å². The molecule has 4 atom stereocenters. The molecule has 3 aromatic carbocycles. The van der Waals surface area contributed by atoms with Gasteiger partial charge in [-0.15, -0.1) is 0 Å². The molecule has 0 radical (unpaired) electrons. The second-order valence-corrected chi connectivity index (χ2v) is 14.8. The van der Waals surface area contributed by atoms with Gasteiger partial charge < -0.3 is 26.6 Å². The molecule has 1 saturated carbocycles. The summed E-state index contributed by atoms with van der Waals surface area (Å²) < 4.78 is 27.7. The number of carbonyl (C=O) groups excluding carboxylic acids is 4. The fourth-order valence-corrected chi connectivity index (χ4v) is 7.64. The van der Waals surface area contributed by atoms with Crippen molar-refractivity contribution in [1.82, 2.24) is 16.0 Å². The molecule has 1 aliphatic carbocycles. The second-order valence-electron chi connectivity index (χ2n) is 12.4. The monoisotopic (exact) mass is 678 g/mol. The van der Waals surface area contributed by atoms with Crippen molar-refractivity contribution in [2.45, 2.75) is 75.7 Å². The van der Waals surface area contributed by atoms with Gasteiger partial charge in [-0.1, -0.05) is 86.0 Å². The van der Waals surface area contributed by atoms with E-state index in [1.165, 1.54) is 18.2 Å². The van der Waals surface area contributed by atoms with E-state index in [2.05, 4.69) is 16.0 Å². The molecule has 0 heterocycles. The van der Waals surface area contributed by atoms with Gasteiger partial charge in [-0.25, -0.2) is 4.39 Å². The smallest absolute Gasteiger partial charge is 0.252 e. The van der Waals surface area contributed by atoms with Crippen LogP contribution in [-0.4, -0.2) is 52.6 Å². The summed E-state index contributed by atoms with van der Waals surface area (Å²) >= 11 is 0. The molecule has 4 amide bonds. The highest BCUT2D eigenvalue weighted by Gasteiger charge is 2.38. The van der Waals surface area contributed by atoms with E-state index in [9.17, 15) is 33.0 Å². The van der Waals surface area contributed by atoms with E-state index in [1.807, 2.05) is 30.3 Å². The molecule has 0 spiro atoms. The maximum absolute atomic E-state index is 13.8. The van der Waals surface area contributed by atoms with Gasteiger partial charge in [0.25, 0.3) is 5.91 Å². The van der Waals surface area contributed by atoms with Gasteiger partial charge in [0, 0.05) is 12.0 Å². The van der Waals surface area contributed by atoms with Crippen LogP contribution in [0, 0.1) is 11.7 Å². The SMILES string of the molecule is NC(=O)[C@H](CCCc1ccccc1)NC(=O)C(NC(=O)CP(=O)(O)C(Cc1ccccc1)NC(=O)c1cccc(F)c1)C1CCCCC1. The first kappa shape index (κ1) is 36.5. The van der Waals surface area contributed by atoms with Crippen LogP contribution in [0.25, 0.3) is 0 Å². The van der Waals surface area contributed by atoms with E-state index in [0.29, 0.717) is 37.7 Å². The Balaban J connectivity index is 1.47. The van der Waals surface area contributed by atoms with E-state index in [4.69, 9.17) is 5.73 Å². The molecule has 0 saturated heterocycles. The molecular formula is C36H44FN4O6P. The van der Waals surface area contributed by atoms with E-state index in [0.717, 1.165) is 30.9 Å². The average Bonchev–Trinajstić information content (AvgIpc) is 3.07. The summed E-state index contributed by atoms with van der Waals surface area (Å²) in [5.41, 5.74) is 7.33. The lowest BCUT2D eigenvalue weighted by Crippen LogP contribution is -2.56. The highest BCUT2D eigenvalue weighted by molar-refractivity contribution is 7.59. The summed E-state index contributed by atoms with van der Waals surface area (Å²) in [6, 6.07) is 21.3. The first-order chi connectivity index (χ1) is 23.0. The van der Waals surface area contributed by atoms with E-state index < -0.39 is 60.8 Å². The molecule has 3 aromatic rings. The zero-order chi connectivity index (χ0) is 34.5. The molecule has 6 N–H and O–H groups in total. The lowest BCUT2D eigenvalue weighted by molar-refractivity contribution is -0.132. The maximum Gasteiger partial charge on any atom is 0.252 e. The van der Waals surface area contributed by atoms with E-state index >= 15 is 0 Å². The molecule has 10 nitrogen and oxygen atoms in total. The highest BCUT2D eigenvalue weighted by atomic mass is 31.2. The standard InChI is InChI=1S/C36H44FN4O6P/c37-29-20-11-19-28(23-29)35(44)41-32(22-26-14-6-2-7-15-26)48(46,47)24-31(42)40-33(27-17-8-3-9-18-27)36(45)39-30(34(38)43)21-10-16-25-12-4-1-5-13-25/h1-2,4-7,11-15,19-20,23,27,30,32-33H,3,8-10,16-18,21-22,24H2,(H2,38,43)(H,39,45)(H,40,42)(H,41,44)(H,46,47)/t30-,32?,33?/m0/s1. The Labute approximate surface area is 280 Å². The Hall–Kier alpha value is -4.34. The molecule has 0 aromatic heterocycles. The predicted molar refractivity (Wildman–Crippen MR) is 182 cm³/mol. The Morgan fingerprint density at radius 1 is 0.854 bits per heavy atom. The molecule has 48 heavy (non-hydrogen) atoms. The first-order valence-corrected chi connectivity index (χ1v) is 18.3. The van der Waals surface area contributed by atoms with Gasteiger partial charge in [0.2, 0.25) is 25.1 Å². The third kappa shape index (κ3) is 11.1. The quantitative estimate of drug-likeness (QED) is 0.140. The van der Waals surface area contributed by atoms with Crippen molar-refractivity contribution >= 4 is 31.0 Å². The molecule has 0 bridgehead atoms. The lowest BCUT2D eigenvalue weighted by atomic mass is 9.83. The van der Waals surface area contributed by atoms with Gasteiger partial charge >= 0.3 is 0 Å². The zero-order valence-corrected chi connectivity index (χ0v) is 27.7. The van der Waals surface area contributed by atoms with Crippen LogP contribution in [0.2, 0.25) is 0 Å². The Bertz CT molecular complexity index is 1590. The number of carbonyl (C=O) groups is 4. The van der Waals surface area contributed by atoms with Gasteiger partial charge in [-0.2, -0.15) is 0 Å². The van der Waals surface area contributed by atoms with Gasteiger partial charge in [-0.3, -0.25) is 23.7 Å². The third-order valence-electron chi connectivity index (χ3n) is 8.69. The number of amides is 4. The summed E-state index contributed by atoms with van der Waals surface area (Å²) in [4.78, 5) is 63.7. The van der Waals surface area contributed by atoms with Gasteiger partial charge in [-0.05, 0) is 67.3 Å². The third-order valence-corrected chi connectivity index (χ3v) is 10.7. The Kier molecular flexibility index (Phi) is 13.5. The molecule has 0 aliphatic heterocycles. The van der Waals surface area contributed by atoms with Crippen molar-refractivity contribution in [3.8, 4) is 0 Å². The number of hydrogen-bond acceptors (Lipinski definition) is 5. The van der Waals surface area contributed by atoms with Gasteiger partial charge in [0.05, 0.1) is 0 Å². The van der Waals surface area contributed by atoms with Crippen LogP contribution < -0.4 is 21.7 Å². The van der Waals surface area contributed by atoms with Crippen molar-refractivity contribution in [2.75, 3.05) is 6.16 Å². The summed E-state index contributed by atoms with van der Waals surface area (Å²) in [5, 5.41) is 7.94. The minimum Gasteiger partial charge on any atom is -0.368 e. The number of nitrogens with one attached hydrogen (secondary N) is 3. The number of hydrogen-bond donors (Lipinski definition) is 5. The lowest BCUT2D eigenvalue weighted by Gasteiger charge is -2.31. The topological polar surface area (TPSA) is 168 Å². The van der Waals surface area contributed by atoms with Crippen LogP contribution in [-0.2, 0) is 31.8 Å². The average molecular weight is 679 g/mol. The summed E-state index contributed by atoms with van der Waals surface area (Å²) in [6.45, 7) is 0. The van der Waals surface area contributed by atoms with E-state index in [1.54, 1.807) is 30.3 Å². The molecule has 1 aliphatic rings. The molecular weight excluding hydrogens is 634 g/mol. The highest BCUT2D eigenvalue weighted by Crippen LogP contribution is 2.46. The largest absolute Gasteiger partial charge is 0.368 e.